The van der Waals surface area contributed by atoms with Gasteiger partial charge in [0.05, 0.1) is 7.11 Å². The van der Waals surface area contributed by atoms with Crippen LogP contribution in [0.4, 0.5) is 0 Å². The molecule has 0 radical (unpaired) electrons. The predicted octanol–water partition coefficient (Wildman–Crippen LogP) is 1.42. The zero-order chi connectivity index (χ0) is 11.9. The predicted molar refractivity (Wildman–Crippen MR) is 68.3 cm³/mol. The fourth-order valence-electron chi connectivity index (χ4n) is 3.69. The molecule has 2 bridgehead atoms. The lowest BCUT2D eigenvalue weighted by Crippen LogP contribution is -2.45. The number of hydrogen-bond donors (Lipinski definition) is 2. The third-order valence-corrected chi connectivity index (χ3v) is 4.53. The highest BCUT2D eigenvalue weighted by Crippen LogP contribution is 2.47. The Bertz CT molecular complexity index is 420. The Morgan fingerprint density at radius 1 is 1.41 bits per heavy atom. The molecule has 0 aliphatic carbocycles. The smallest absolute Gasteiger partial charge is 0.122 e. The first kappa shape index (κ1) is 11.1. The second-order valence-corrected chi connectivity index (χ2v) is 5.26. The van der Waals surface area contributed by atoms with Crippen LogP contribution in [0.15, 0.2) is 24.3 Å². The van der Waals surface area contributed by atoms with E-state index in [0.29, 0.717) is 18.6 Å². The van der Waals surface area contributed by atoms with E-state index >= 15 is 0 Å². The fourth-order valence-corrected chi connectivity index (χ4v) is 3.69. The molecule has 3 N–H and O–H groups in total. The van der Waals surface area contributed by atoms with E-state index in [1.165, 1.54) is 18.4 Å². The molecular weight excluding hydrogens is 212 g/mol. The lowest BCUT2D eigenvalue weighted by molar-refractivity contribution is 0.320. The average molecular weight is 232 g/mol. The molecule has 17 heavy (non-hydrogen) atoms. The molecule has 1 aromatic rings. The molecule has 3 heteroatoms. The number of ether oxygens (including phenoxy) is 1. The zero-order valence-corrected chi connectivity index (χ0v) is 10.3. The second-order valence-electron chi connectivity index (χ2n) is 5.26. The number of methoxy groups -OCH3 is 1. The van der Waals surface area contributed by atoms with Gasteiger partial charge in [0, 0.05) is 29.6 Å². The minimum atomic E-state index is 0.0789. The lowest BCUT2D eigenvalue weighted by atomic mass is 9.69. The molecule has 2 aliphatic rings. The van der Waals surface area contributed by atoms with Crippen LogP contribution in [-0.4, -0.2) is 25.7 Å². The Morgan fingerprint density at radius 3 is 2.82 bits per heavy atom. The van der Waals surface area contributed by atoms with E-state index in [-0.39, 0.29) is 5.41 Å². The van der Waals surface area contributed by atoms with Crippen LogP contribution in [0.2, 0.25) is 0 Å². The molecule has 0 spiro atoms. The summed E-state index contributed by atoms with van der Waals surface area (Å²) in [5, 5.41) is 3.68. The number of fused-ring (bicyclic) bond motifs is 2. The van der Waals surface area contributed by atoms with E-state index in [1.54, 1.807) is 7.11 Å². The first-order valence-electron chi connectivity index (χ1n) is 6.40. The van der Waals surface area contributed by atoms with Crippen molar-refractivity contribution in [3.8, 4) is 5.75 Å². The van der Waals surface area contributed by atoms with E-state index < -0.39 is 0 Å². The van der Waals surface area contributed by atoms with Gasteiger partial charge in [0.15, 0.2) is 0 Å². The minimum Gasteiger partial charge on any atom is -0.496 e. The number of nitrogens with two attached hydrogens (primary N) is 1. The van der Waals surface area contributed by atoms with Crippen LogP contribution in [-0.2, 0) is 5.41 Å². The summed E-state index contributed by atoms with van der Waals surface area (Å²) in [7, 11) is 1.74. The Hall–Kier alpha value is -1.06. The monoisotopic (exact) mass is 232 g/mol. The van der Waals surface area contributed by atoms with Crippen LogP contribution in [0.25, 0.3) is 0 Å². The van der Waals surface area contributed by atoms with Crippen molar-refractivity contribution in [2.75, 3.05) is 13.7 Å². The van der Waals surface area contributed by atoms with E-state index in [4.69, 9.17) is 10.5 Å². The Kier molecular flexibility index (Phi) is 2.60. The number of hydrogen-bond acceptors (Lipinski definition) is 3. The van der Waals surface area contributed by atoms with Crippen LogP contribution in [0.5, 0.6) is 5.75 Å². The van der Waals surface area contributed by atoms with Gasteiger partial charge in [-0.1, -0.05) is 18.2 Å². The molecule has 2 saturated heterocycles. The molecular formula is C14H20N2O. The summed E-state index contributed by atoms with van der Waals surface area (Å²) in [6.45, 7) is 0.696. The molecule has 2 aliphatic heterocycles. The summed E-state index contributed by atoms with van der Waals surface area (Å²) in [6.07, 6.45) is 3.68. The van der Waals surface area contributed by atoms with Gasteiger partial charge in [0.1, 0.15) is 5.75 Å². The number of rotatable bonds is 3. The van der Waals surface area contributed by atoms with Crippen LogP contribution >= 0.6 is 0 Å². The van der Waals surface area contributed by atoms with Crippen molar-refractivity contribution in [3.63, 3.8) is 0 Å². The first-order chi connectivity index (χ1) is 8.30. The topological polar surface area (TPSA) is 47.3 Å². The summed E-state index contributed by atoms with van der Waals surface area (Å²) in [5.74, 6) is 0.979. The summed E-state index contributed by atoms with van der Waals surface area (Å²) in [6, 6.07) is 9.49. The van der Waals surface area contributed by atoms with Gasteiger partial charge in [0.25, 0.3) is 0 Å². The van der Waals surface area contributed by atoms with Crippen LogP contribution in [0.3, 0.4) is 0 Å². The van der Waals surface area contributed by atoms with E-state index in [1.807, 2.05) is 12.1 Å². The quantitative estimate of drug-likeness (QED) is 0.828. The molecule has 0 saturated carbocycles. The van der Waals surface area contributed by atoms with Crippen molar-refractivity contribution in [3.05, 3.63) is 29.8 Å². The van der Waals surface area contributed by atoms with Gasteiger partial charge in [-0.15, -0.1) is 0 Å². The highest BCUT2D eigenvalue weighted by Gasteiger charge is 2.51. The Balaban J connectivity index is 2.06. The minimum absolute atomic E-state index is 0.0789. The lowest BCUT2D eigenvalue weighted by Gasteiger charge is -2.36. The molecule has 2 fully saturated rings. The van der Waals surface area contributed by atoms with Gasteiger partial charge < -0.3 is 15.8 Å². The highest BCUT2D eigenvalue weighted by atomic mass is 16.5. The van der Waals surface area contributed by atoms with Crippen LogP contribution < -0.4 is 15.8 Å². The van der Waals surface area contributed by atoms with Crippen molar-refractivity contribution in [2.45, 2.75) is 36.8 Å². The maximum atomic E-state index is 6.12. The third kappa shape index (κ3) is 1.49. The second kappa shape index (κ2) is 4.00. The summed E-state index contributed by atoms with van der Waals surface area (Å²) >= 11 is 0. The van der Waals surface area contributed by atoms with E-state index in [0.717, 1.165) is 12.2 Å². The number of para-hydroxylation sites is 1. The van der Waals surface area contributed by atoms with Crippen molar-refractivity contribution in [1.29, 1.82) is 0 Å². The van der Waals surface area contributed by atoms with Gasteiger partial charge in [-0.05, 0) is 25.3 Å². The molecule has 0 amide bonds. The maximum Gasteiger partial charge on any atom is 0.122 e. The molecule has 1 aromatic carbocycles. The van der Waals surface area contributed by atoms with E-state index in [9.17, 15) is 0 Å². The van der Waals surface area contributed by atoms with Gasteiger partial charge in [-0.2, -0.15) is 0 Å². The molecule has 3 nitrogen and oxygen atoms in total. The van der Waals surface area contributed by atoms with Gasteiger partial charge in [-0.25, -0.2) is 0 Å². The van der Waals surface area contributed by atoms with Crippen molar-refractivity contribution in [2.24, 2.45) is 5.73 Å². The Morgan fingerprint density at radius 2 is 2.24 bits per heavy atom. The zero-order valence-electron chi connectivity index (χ0n) is 10.3. The van der Waals surface area contributed by atoms with Crippen molar-refractivity contribution < 1.29 is 4.74 Å². The molecule has 0 aromatic heterocycles. The first-order valence-corrected chi connectivity index (χ1v) is 6.40. The third-order valence-electron chi connectivity index (χ3n) is 4.53. The van der Waals surface area contributed by atoms with Gasteiger partial charge in [0.2, 0.25) is 0 Å². The van der Waals surface area contributed by atoms with E-state index in [2.05, 4.69) is 17.4 Å². The van der Waals surface area contributed by atoms with Crippen molar-refractivity contribution >= 4 is 0 Å². The van der Waals surface area contributed by atoms with Gasteiger partial charge >= 0.3 is 0 Å². The normalized spacial score (nSPS) is 35.2. The summed E-state index contributed by atoms with van der Waals surface area (Å²) < 4.78 is 5.51. The molecule has 3 atom stereocenters. The van der Waals surface area contributed by atoms with Crippen molar-refractivity contribution in [1.82, 2.24) is 5.32 Å². The molecule has 92 valence electrons. The van der Waals surface area contributed by atoms with Crippen LogP contribution in [0.1, 0.15) is 24.8 Å². The molecule has 3 unspecified atom stereocenters. The summed E-state index contributed by atoms with van der Waals surface area (Å²) in [5.41, 5.74) is 7.48. The SMILES string of the molecule is COc1ccccc1C1(CN)CC2CCC1N2. The summed E-state index contributed by atoms with van der Waals surface area (Å²) in [4.78, 5) is 0. The molecule has 2 heterocycles. The largest absolute Gasteiger partial charge is 0.496 e. The standard InChI is InChI=1S/C14H20N2O/c1-17-12-5-3-2-4-11(12)14(9-15)8-10-6-7-13(14)16-10/h2-5,10,13,16H,6-9,15H2,1H3. The highest BCUT2D eigenvalue weighted by molar-refractivity contribution is 5.43. The maximum absolute atomic E-state index is 6.12. The Labute approximate surface area is 102 Å². The molecule has 3 rings (SSSR count). The van der Waals surface area contributed by atoms with Crippen LogP contribution in [0, 0.1) is 0 Å². The fraction of sp³-hybridized carbons (Fsp3) is 0.571. The number of nitrogens with one attached hydrogen (secondary N) is 1. The number of benzene rings is 1. The van der Waals surface area contributed by atoms with Gasteiger partial charge in [-0.3, -0.25) is 0 Å². The average Bonchev–Trinajstić information content (AvgIpc) is 2.99.